The van der Waals surface area contributed by atoms with Crippen LogP contribution in [0.25, 0.3) is 0 Å². The number of anilines is 1. The predicted molar refractivity (Wildman–Crippen MR) is 130 cm³/mol. The van der Waals surface area contributed by atoms with Gasteiger partial charge in [0.1, 0.15) is 17.7 Å². The standard InChI is InChI=1S/C23H20Cl2F2N2O6S/c1-34-18-7-6-13(10-19(18)35-2)36(32,33)28-11-20(30)29-22-14(8-12(24)9-15(22)25)23(31)21-16(26)4-3-5-17(21)27/h3-10,23,28,31H,11H2,1-2H3,(H,29,30). The molecule has 1 atom stereocenters. The summed E-state index contributed by atoms with van der Waals surface area (Å²) in [7, 11) is -1.42. The van der Waals surface area contributed by atoms with Crippen LogP contribution in [0.5, 0.6) is 11.5 Å². The highest BCUT2D eigenvalue weighted by Crippen LogP contribution is 2.38. The summed E-state index contributed by atoms with van der Waals surface area (Å²) < 4.78 is 66.1. The van der Waals surface area contributed by atoms with E-state index in [1.807, 2.05) is 0 Å². The maximum atomic E-state index is 14.2. The highest BCUT2D eigenvalue weighted by molar-refractivity contribution is 7.89. The number of amides is 1. The van der Waals surface area contributed by atoms with Gasteiger partial charge in [0.25, 0.3) is 0 Å². The van der Waals surface area contributed by atoms with Gasteiger partial charge >= 0.3 is 0 Å². The molecule has 192 valence electrons. The van der Waals surface area contributed by atoms with Crippen molar-refractivity contribution in [2.24, 2.45) is 0 Å². The number of methoxy groups -OCH3 is 2. The van der Waals surface area contributed by atoms with E-state index in [-0.39, 0.29) is 31.9 Å². The molecule has 36 heavy (non-hydrogen) atoms. The highest BCUT2D eigenvalue weighted by Gasteiger charge is 2.25. The van der Waals surface area contributed by atoms with Gasteiger partial charge in [0.15, 0.2) is 11.5 Å². The van der Waals surface area contributed by atoms with E-state index in [0.29, 0.717) is 5.75 Å². The molecule has 1 unspecified atom stereocenters. The fourth-order valence-corrected chi connectivity index (χ4v) is 4.83. The topological polar surface area (TPSA) is 114 Å². The van der Waals surface area contributed by atoms with Crippen LogP contribution in [0, 0.1) is 11.6 Å². The lowest BCUT2D eigenvalue weighted by molar-refractivity contribution is -0.115. The van der Waals surface area contributed by atoms with E-state index in [9.17, 15) is 27.1 Å². The molecule has 0 aliphatic rings. The number of hydrogen-bond acceptors (Lipinski definition) is 6. The maximum absolute atomic E-state index is 14.2. The number of hydrogen-bond donors (Lipinski definition) is 3. The van der Waals surface area contributed by atoms with Crippen molar-refractivity contribution in [3.05, 3.63) is 81.3 Å². The van der Waals surface area contributed by atoms with Gasteiger partial charge in [-0.05, 0) is 36.4 Å². The second-order valence-corrected chi connectivity index (χ2v) is 9.89. The second-order valence-electron chi connectivity index (χ2n) is 7.28. The molecule has 8 nitrogen and oxygen atoms in total. The SMILES string of the molecule is COc1ccc(S(=O)(=O)NCC(=O)Nc2c(Cl)cc(Cl)cc2C(O)c2c(F)cccc2F)cc1OC. The molecule has 0 aliphatic carbocycles. The minimum Gasteiger partial charge on any atom is -0.493 e. The van der Waals surface area contributed by atoms with Crippen LogP contribution in [0.4, 0.5) is 14.5 Å². The predicted octanol–water partition coefficient (Wildman–Crippen LogP) is 4.29. The smallest absolute Gasteiger partial charge is 0.241 e. The number of carbonyl (C=O) groups is 1. The Kier molecular flexibility index (Phi) is 8.75. The van der Waals surface area contributed by atoms with Crippen molar-refractivity contribution in [1.82, 2.24) is 4.72 Å². The van der Waals surface area contributed by atoms with Gasteiger partial charge in [-0.25, -0.2) is 21.9 Å². The summed E-state index contributed by atoms with van der Waals surface area (Å²) in [5, 5.41) is 12.9. The first kappa shape index (κ1) is 27.6. The number of benzene rings is 3. The zero-order valence-corrected chi connectivity index (χ0v) is 21.1. The fraction of sp³-hybridized carbons (Fsp3) is 0.174. The summed E-state index contributed by atoms with van der Waals surface area (Å²) in [6.07, 6.45) is -1.89. The zero-order valence-electron chi connectivity index (χ0n) is 18.8. The molecule has 0 radical (unpaired) electrons. The third kappa shape index (κ3) is 6.05. The summed E-state index contributed by atoms with van der Waals surface area (Å²) in [6, 6.07) is 9.30. The number of aliphatic hydroxyl groups is 1. The maximum Gasteiger partial charge on any atom is 0.241 e. The molecule has 0 fully saturated rings. The van der Waals surface area contributed by atoms with E-state index in [2.05, 4.69) is 10.0 Å². The van der Waals surface area contributed by atoms with Gasteiger partial charge in [0, 0.05) is 16.7 Å². The van der Waals surface area contributed by atoms with Gasteiger partial charge in [-0.15, -0.1) is 0 Å². The number of halogens is 4. The second kappa shape index (κ2) is 11.4. The third-order valence-corrected chi connectivity index (χ3v) is 6.92. The van der Waals surface area contributed by atoms with E-state index in [0.717, 1.165) is 18.2 Å². The van der Waals surface area contributed by atoms with Crippen molar-refractivity contribution in [2.75, 3.05) is 26.1 Å². The van der Waals surface area contributed by atoms with E-state index in [4.69, 9.17) is 32.7 Å². The van der Waals surface area contributed by atoms with Crippen molar-refractivity contribution >= 4 is 44.8 Å². The minimum absolute atomic E-state index is 0.0259. The van der Waals surface area contributed by atoms with Gasteiger partial charge in [0.2, 0.25) is 15.9 Å². The first-order chi connectivity index (χ1) is 17.0. The quantitative estimate of drug-likeness (QED) is 0.360. The van der Waals surface area contributed by atoms with E-state index >= 15 is 0 Å². The number of nitrogens with one attached hydrogen (secondary N) is 2. The van der Waals surface area contributed by atoms with Crippen LogP contribution in [0.2, 0.25) is 10.0 Å². The minimum atomic E-state index is -4.15. The molecule has 0 heterocycles. The van der Waals surface area contributed by atoms with Gasteiger partial charge < -0.3 is 19.9 Å². The molecule has 0 bridgehead atoms. The van der Waals surface area contributed by atoms with E-state index < -0.39 is 45.8 Å². The summed E-state index contributed by atoms with van der Waals surface area (Å²) in [4.78, 5) is 12.4. The van der Waals surface area contributed by atoms with E-state index in [1.54, 1.807) is 0 Å². The third-order valence-electron chi connectivity index (χ3n) is 5.01. The van der Waals surface area contributed by atoms with Crippen LogP contribution >= 0.6 is 23.2 Å². The Morgan fingerprint density at radius 2 is 1.67 bits per heavy atom. The Balaban J connectivity index is 1.84. The Labute approximate surface area is 215 Å². The molecule has 13 heteroatoms. The lowest BCUT2D eigenvalue weighted by Gasteiger charge is -2.19. The number of rotatable bonds is 9. The molecule has 3 rings (SSSR count). The van der Waals surface area contributed by atoms with Crippen LogP contribution < -0.4 is 19.5 Å². The molecule has 0 saturated carbocycles. The molecule has 0 spiro atoms. The van der Waals surface area contributed by atoms with Crippen LogP contribution in [0.15, 0.2) is 53.4 Å². The molecule has 0 saturated heterocycles. The first-order valence-corrected chi connectivity index (χ1v) is 12.3. The van der Waals surface area contributed by atoms with Crippen molar-refractivity contribution in [3.8, 4) is 11.5 Å². The van der Waals surface area contributed by atoms with Gasteiger partial charge in [-0.3, -0.25) is 4.79 Å². The average Bonchev–Trinajstić information content (AvgIpc) is 2.83. The Morgan fingerprint density at radius 1 is 1.03 bits per heavy atom. The lowest BCUT2D eigenvalue weighted by Crippen LogP contribution is -2.33. The van der Waals surface area contributed by atoms with Gasteiger partial charge in [0.05, 0.1) is 41.9 Å². The van der Waals surface area contributed by atoms with Crippen LogP contribution in [-0.4, -0.2) is 40.2 Å². The number of aliphatic hydroxyl groups excluding tert-OH is 1. The van der Waals surface area contributed by atoms with Crippen LogP contribution in [0.1, 0.15) is 17.2 Å². The Morgan fingerprint density at radius 3 is 2.28 bits per heavy atom. The summed E-state index contributed by atoms with van der Waals surface area (Å²) in [5.74, 6) is -2.47. The largest absolute Gasteiger partial charge is 0.493 e. The molecule has 3 N–H and O–H groups in total. The summed E-state index contributed by atoms with van der Waals surface area (Å²) in [5.41, 5.74) is -1.08. The molecular weight excluding hydrogens is 541 g/mol. The van der Waals surface area contributed by atoms with Crippen LogP contribution in [0.3, 0.4) is 0 Å². The fourth-order valence-electron chi connectivity index (χ4n) is 3.28. The lowest BCUT2D eigenvalue weighted by atomic mass is 9.98. The van der Waals surface area contributed by atoms with Crippen molar-refractivity contribution < 1.29 is 36.6 Å². The molecule has 3 aromatic rings. The Hall–Kier alpha value is -2.96. The molecule has 0 aliphatic heterocycles. The average molecular weight is 561 g/mol. The summed E-state index contributed by atoms with van der Waals surface area (Å²) in [6.45, 7) is -0.737. The normalized spacial score (nSPS) is 12.2. The molecule has 0 aromatic heterocycles. The number of ether oxygens (including phenoxy) is 2. The van der Waals surface area contributed by atoms with Crippen molar-refractivity contribution in [1.29, 1.82) is 0 Å². The van der Waals surface area contributed by atoms with Crippen molar-refractivity contribution in [3.63, 3.8) is 0 Å². The monoisotopic (exact) mass is 560 g/mol. The summed E-state index contributed by atoms with van der Waals surface area (Å²) >= 11 is 12.2. The first-order valence-electron chi connectivity index (χ1n) is 10.1. The number of sulfonamides is 1. The molecule has 3 aromatic carbocycles. The molecular formula is C23H20Cl2F2N2O6S. The van der Waals surface area contributed by atoms with Gasteiger partial charge in [-0.2, -0.15) is 0 Å². The molecule has 1 amide bonds. The zero-order chi connectivity index (χ0) is 26.6. The highest BCUT2D eigenvalue weighted by atomic mass is 35.5. The van der Waals surface area contributed by atoms with E-state index in [1.165, 1.54) is 44.6 Å². The van der Waals surface area contributed by atoms with Crippen molar-refractivity contribution in [2.45, 2.75) is 11.0 Å². The Bertz CT molecular complexity index is 1390. The number of carbonyl (C=O) groups excluding carboxylic acids is 1. The van der Waals surface area contributed by atoms with Gasteiger partial charge in [-0.1, -0.05) is 29.3 Å². The van der Waals surface area contributed by atoms with Crippen LogP contribution in [-0.2, 0) is 14.8 Å².